The van der Waals surface area contributed by atoms with Gasteiger partial charge in [-0.05, 0) is 31.0 Å². The SMILES string of the molecule is Nc1ccc(C(=O)NC2(CO)CCCC2)c(Cl)c1. The lowest BCUT2D eigenvalue weighted by Gasteiger charge is -2.28. The summed E-state index contributed by atoms with van der Waals surface area (Å²) in [4.78, 5) is 12.1. The van der Waals surface area contributed by atoms with Crippen LogP contribution in [0.2, 0.25) is 5.02 Å². The quantitative estimate of drug-likeness (QED) is 0.734. The number of rotatable bonds is 3. The van der Waals surface area contributed by atoms with Crippen LogP contribution in [-0.4, -0.2) is 23.2 Å². The van der Waals surface area contributed by atoms with E-state index in [4.69, 9.17) is 17.3 Å². The summed E-state index contributed by atoms with van der Waals surface area (Å²) in [6, 6.07) is 4.80. The molecule has 0 aliphatic heterocycles. The topological polar surface area (TPSA) is 75.4 Å². The Morgan fingerprint density at radius 2 is 2.11 bits per heavy atom. The van der Waals surface area contributed by atoms with Crippen molar-refractivity contribution in [2.24, 2.45) is 0 Å². The second kappa shape index (κ2) is 5.16. The first-order valence-corrected chi connectivity index (χ1v) is 6.42. The van der Waals surface area contributed by atoms with Gasteiger partial charge in [-0.25, -0.2) is 0 Å². The molecular weight excluding hydrogens is 252 g/mol. The van der Waals surface area contributed by atoms with E-state index in [0.717, 1.165) is 25.7 Å². The molecule has 0 saturated heterocycles. The van der Waals surface area contributed by atoms with Crippen LogP contribution >= 0.6 is 11.6 Å². The number of nitrogen functional groups attached to an aromatic ring is 1. The number of hydrogen-bond acceptors (Lipinski definition) is 3. The van der Waals surface area contributed by atoms with E-state index in [1.54, 1.807) is 18.2 Å². The Kier molecular flexibility index (Phi) is 3.78. The van der Waals surface area contributed by atoms with Crippen molar-refractivity contribution in [2.45, 2.75) is 31.2 Å². The van der Waals surface area contributed by atoms with Crippen molar-refractivity contribution in [3.63, 3.8) is 0 Å². The lowest BCUT2D eigenvalue weighted by atomic mass is 9.98. The van der Waals surface area contributed by atoms with Gasteiger partial charge in [-0.1, -0.05) is 24.4 Å². The molecule has 98 valence electrons. The maximum absolute atomic E-state index is 12.1. The molecule has 1 aliphatic rings. The van der Waals surface area contributed by atoms with Gasteiger partial charge in [0.05, 0.1) is 22.7 Å². The molecule has 0 atom stereocenters. The van der Waals surface area contributed by atoms with Crippen molar-refractivity contribution >= 4 is 23.2 Å². The lowest BCUT2D eigenvalue weighted by Crippen LogP contribution is -2.49. The molecule has 1 amide bonds. The molecule has 0 aromatic heterocycles. The molecule has 1 aliphatic carbocycles. The predicted octanol–water partition coefficient (Wildman–Crippen LogP) is 1.96. The number of aliphatic hydroxyl groups is 1. The number of nitrogens with two attached hydrogens (primary N) is 1. The van der Waals surface area contributed by atoms with Crippen molar-refractivity contribution in [2.75, 3.05) is 12.3 Å². The first-order valence-electron chi connectivity index (χ1n) is 6.05. The molecule has 1 fully saturated rings. The summed E-state index contributed by atoms with van der Waals surface area (Å²) < 4.78 is 0. The maximum atomic E-state index is 12.1. The smallest absolute Gasteiger partial charge is 0.253 e. The molecule has 2 rings (SSSR count). The van der Waals surface area contributed by atoms with Crippen LogP contribution in [-0.2, 0) is 0 Å². The minimum Gasteiger partial charge on any atom is -0.399 e. The van der Waals surface area contributed by atoms with Crippen LogP contribution in [0.1, 0.15) is 36.0 Å². The van der Waals surface area contributed by atoms with E-state index in [0.29, 0.717) is 16.3 Å². The Hall–Kier alpha value is -1.26. The second-order valence-corrected chi connectivity index (χ2v) is 5.25. The molecule has 0 unspecified atom stereocenters. The summed E-state index contributed by atoms with van der Waals surface area (Å²) in [5.74, 6) is -0.254. The molecule has 5 heteroatoms. The third-order valence-corrected chi connectivity index (χ3v) is 3.79. The molecule has 4 nitrogen and oxygen atoms in total. The van der Waals surface area contributed by atoms with E-state index >= 15 is 0 Å². The van der Waals surface area contributed by atoms with Crippen molar-refractivity contribution < 1.29 is 9.90 Å². The summed E-state index contributed by atoms with van der Waals surface area (Å²) in [6.07, 6.45) is 3.66. The lowest BCUT2D eigenvalue weighted by molar-refractivity contribution is 0.0838. The zero-order chi connectivity index (χ0) is 13.2. The molecule has 4 N–H and O–H groups in total. The van der Waals surface area contributed by atoms with Gasteiger partial charge in [-0.3, -0.25) is 4.79 Å². The number of halogens is 1. The molecule has 0 spiro atoms. The number of carbonyl (C=O) groups excluding carboxylic acids is 1. The number of anilines is 1. The molecule has 0 radical (unpaired) electrons. The van der Waals surface area contributed by atoms with Crippen LogP contribution in [0.15, 0.2) is 18.2 Å². The van der Waals surface area contributed by atoms with Crippen LogP contribution in [0.3, 0.4) is 0 Å². The number of nitrogens with one attached hydrogen (secondary N) is 1. The van der Waals surface area contributed by atoms with Gasteiger partial charge in [0, 0.05) is 5.69 Å². The molecule has 1 aromatic carbocycles. The van der Waals surface area contributed by atoms with Crippen LogP contribution < -0.4 is 11.1 Å². The highest BCUT2D eigenvalue weighted by Crippen LogP contribution is 2.30. The number of aliphatic hydroxyl groups excluding tert-OH is 1. The molecule has 1 saturated carbocycles. The van der Waals surface area contributed by atoms with Gasteiger partial charge < -0.3 is 16.2 Å². The van der Waals surface area contributed by atoms with Crippen LogP contribution in [0.25, 0.3) is 0 Å². The third-order valence-electron chi connectivity index (χ3n) is 3.48. The largest absolute Gasteiger partial charge is 0.399 e. The summed E-state index contributed by atoms with van der Waals surface area (Å²) in [5, 5.41) is 12.7. The zero-order valence-electron chi connectivity index (χ0n) is 10.1. The van der Waals surface area contributed by atoms with E-state index in [1.807, 2.05) is 0 Å². The minimum absolute atomic E-state index is 0.0364. The van der Waals surface area contributed by atoms with Gasteiger partial charge in [0.2, 0.25) is 0 Å². The van der Waals surface area contributed by atoms with Gasteiger partial charge in [0.25, 0.3) is 5.91 Å². The third kappa shape index (κ3) is 2.60. The average molecular weight is 269 g/mol. The normalized spacial score (nSPS) is 17.7. The van der Waals surface area contributed by atoms with Crippen LogP contribution in [0, 0.1) is 0 Å². The Bertz CT molecular complexity index is 456. The fourth-order valence-electron chi connectivity index (χ4n) is 2.40. The van der Waals surface area contributed by atoms with Gasteiger partial charge in [-0.15, -0.1) is 0 Å². The van der Waals surface area contributed by atoms with E-state index in [9.17, 15) is 9.90 Å². The first kappa shape index (κ1) is 13.2. The average Bonchev–Trinajstić information content (AvgIpc) is 2.78. The standard InChI is InChI=1S/C13H17ClN2O2/c14-11-7-9(15)3-4-10(11)12(18)16-13(8-17)5-1-2-6-13/h3-4,7,17H,1-2,5-6,8,15H2,(H,16,18). The fraction of sp³-hybridized carbons (Fsp3) is 0.462. The van der Waals surface area contributed by atoms with Crippen LogP contribution in [0.4, 0.5) is 5.69 Å². The molecule has 0 heterocycles. The van der Waals surface area contributed by atoms with Crippen molar-refractivity contribution in [1.82, 2.24) is 5.32 Å². The first-order chi connectivity index (χ1) is 8.56. The molecular formula is C13H17ClN2O2. The molecule has 18 heavy (non-hydrogen) atoms. The summed E-state index contributed by atoms with van der Waals surface area (Å²) in [5.41, 5.74) is 6.02. The van der Waals surface area contributed by atoms with E-state index in [1.165, 1.54) is 0 Å². The van der Waals surface area contributed by atoms with E-state index in [-0.39, 0.29) is 12.5 Å². The second-order valence-electron chi connectivity index (χ2n) is 4.84. The molecule has 0 bridgehead atoms. The predicted molar refractivity (Wildman–Crippen MR) is 71.6 cm³/mol. The number of hydrogen-bond donors (Lipinski definition) is 3. The Labute approximate surface area is 111 Å². The summed E-state index contributed by atoms with van der Waals surface area (Å²) in [7, 11) is 0. The number of amides is 1. The minimum atomic E-state index is -0.484. The van der Waals surface area contributed by atoms with Crippen molar-refractivity contribution in [3.8, 4) is 0 Å². The monoisotopic (exact) mass is 268 g/mol. The Morgan fingerprint density at radius 3 is 2.67 bits per heavy atom. The maximum Gasteiger partial charge on any atom is 0.253 e. The van der Waals surface area contributed by atoms with Gasteiger partial charge in [0.15, 0.2) is 0 Å². The van der Waals surface area contributed by atoms with E-state index < -0.39 is 5.54 Å². The van der Waals surface area contributed by atoms with Gasteiger partial charge in [-0.2, -0.15) is 0 Å². The Balaban J connectivity index is 2.16. The van der Waals surface area contributed by atoms with Gasteiger partial charge in [0.1, 0.15) is 0 Å². The fourth-order valence-corrected chi connectivity index (χ4v) is 2.67. The number of benzene rings is 1. The Morgan fingerprint density at radius 1 is 1.44 bits per heavy atom. The zero-order valence-corrected chi connectivity index (χ0v) is 10.8. The van der Waals surface area contributed by atoms with Gasteiger partial charge >= 0.3 is 0 Å². The summed E-state index contributed by atoms with van der Waals surface area (Å²) in [6.45, 7) is -0.0364. The van der Waals surface area contributed by atoms with Crippen LogP contribution in [0.5, 0.6) is 0 Å². The van der Waals surface area contributed by atoms with E-state index in [2.05, 4.69) is 5.32 Å². The highest BCUT2D eigenvalue weighted by Gasteiger charge is 2.35. The highest BCUT2D eigenvalue weighted by atomic mass is 35.5. The van der Waals surface area contributed by atoms with Crippen molar-refractivity contribution in [1.29, 1.82) is 0 Å². The summed E-state index contributed by atoms with van der Waals surface area (Å²) >= 11 is 6.00. The highest BCUT2D eigenvalue weighted by molar-refractivity contribution is 6.34. The van der Waals surface area contributed by atoms with Crippen molar-refractivity contribution in [3.05, 3.63) is 28.8 Å². The molecule has 1 aromatic rings. The number of carbonyl (C=O) groups is 1.